The summed E-state index contributed by atoms with van der Waals surface area (Å²) in [5, 5.41) is 6.04. The Hall–Kier alpha value is -4.43. The average molecular weight is 599 g/mol. The summed E-state index contributed by atoms with van der Waals surface area (Å²) in [4.78, 5) is 31.4. The Morgan fingerprint density at radius 2 is 1.40 bits per heavy atom. The van der Waals surface area contributed by atoms with Crippen LogP contribution in [0.2, 0.25) is 0 Å². The van der Waals surface area contributed by atoms with Crippen molar-refractivity contribution in [2.75, 3.05) is 0 Å². The number of aromatic nitrogens is 4. The van der Waals surface area contributed by atoms with Gasteiger partial charge < -0.3 is 20.0 Å². The summed E-state index contributed by atoms with van der Waals surface area (Å²) in [7, 11) is 0. The van der Waals surface area contributed by atoms with E-state index in [4.69, 9.17) is 9.72 Å². The van der Waals surface area contributed by atoms with Gasteiger partial charge in [0.05, 0.1) is 35.9 Å². The number of benzene rings is 3. The Kier molecular flexibility index (Phi) is 5.85. The quantitative estimate of drug-likeness (QED) is 0.192. The molecule has 2 aliphatic heterocycles. The topological polar surface area (TPSA) is 98.9 Å². The monoisotopic (exact) mass is 598 g/mol. The molecule has 0 bridgehead atoms. The summed E-state index contributed by atoms with van der Waals surface area (Å²) >= 11 is 0. The van der Waals surface area contributed by atoms with Gasteiger partial charge in [-0.2, -0.15) is 0 Å². The predicted octanol–water partition coefficient (Wildman–Crippen LogP) is 7.78. The number of piperidine rings is 2. The first-order valence-electron chi connectivity index (χ1n) is 16.3. The molecular formula is C37H38N6O2. The highest BCUT2D eigenvalue weighted by Gasteiger charge is 2.56. The number of hydrogen-bond donors (Lipinski definition) is 3. The second-order valence-corrected chi connectivity index (χ2v) is 14.5. The number of nitrogens with zero attached hydrogens (tertiary/aromatic N) is 3. The fourth-order valence-corrected chi connectivity index (χ4v) is 7.56. The number of likely N-dealkylation sites (tertiary alicyclic amines) is 1. The predicted molar refractivity (Wildman–Crippen MR) is 174 cm³/mol. The largest absolute Gasteiger partial charge is 0.444 e. The van der Waals surface area contributed by atoms with Gasteiger partial charge in [-0.1, -0.05) is 48.5 Å². The third-order valence-corrected chi connectivity index (χ3v) is 10.1. The zero-order chi connectivity index (χ0) is 30.4. The molecule has 0 radical (unpaired) electrons. The fourth-order valence-electron chi connectivity index (χ4n) is 7.56. The number of rotatable bonds is 5. The first kappa shape index (κ1) is 26.9. The molecule has 6 atom stereocenters. The van der Waals surface area contributed by atoms with Crippen LogP contribution in [-0.2, 0) is 4.74 Å². The Labute approximate surface area is 262 Å². The van der Waals surface area contributed by atoms with Crippen LogP contribution < -0.4 is 5.32 Å². The van der Waals surface area contributed by atoms with Crippen LogP contribution in [0.3, 0.4) is 0 Å². The van der Waals surface area contributed by atoms with E-state index in [0.717, 1.165) is 52.9 Å². The molecule has 228 valence electrons. The van der Waals surface area contributed by atoms with E-state index in [-0.39, 0.29) is 18.2 Å². The van der Waals surface area contributed by atoms with Crippen molar-refractivity contribution in [1.82, 2.24) is 30.2 Å². The van der Waals surface area contributed by atoms with Crippen molar-refractivity contribution < 1.29 is 9.53 Å². The lowest BCUT2D eigenvalue weighted by molar-refractivity contribution is 0.0175. The van der Waals surface area contributed by atoms with Gasteiger partial charge in [0.15, 0.2) is 0 Å². The number of H-pyrrole nitrogens is 2. The van der Waals surface area contributed by atoms with E-state index in [1.807, 2.05) is 38.1 Å². The number of fused-ring (bicyclic) bond motifs is 3. The van der Waals surface area contributed by atoms with E-state index < -0.39 is 5.60 Å². The van der Waals surface area contributed by atoms with Gasteiger partial charge in [0.2, 0.25) is 0 Å². The first-order chi connectivity index (χ1) is 21.8. The van der Waals surface area contributed by atoms with Crippen molar-refractivity contribution in [1.29, 1.82) is 0 Å². The van der Waals surface area contributed by atoms with Crippen molar-refractivity contribution in [3.05, 3.63) is 84.7 Å². The minimum absolute atomic E-state index is 0.0723. The zero-order valence-corrected chi connectivity index (χ0v) is 25.9. The molecule has 2 aromatic heterocycles. The van der Waals surface area contributed by atoms with Crippen LogP contribution in [0.25, 0.3) is 44.4 Å². The average Bonchev–Trinajstić information content (AvgIpc) is 3.60. The first-order valence-corrected chi connectivity index (χ1v) is 16.3. The van der Waals surface area contributed by atoms with E-state index in [1.165, 1.54) is 34.7 Å². The lowest BCUT2D eigenvalue weighted by atomic mass is 9.98. The fraction of sp³-hybridized carbons (Fsp3) is 0.378. The maximum absolute atomic E-state index is 13.0. The van der Waals surface area contributed by atoms with Crippen molar-refractivity contribution in [2.45, 2.75) is 76.2 Å². The standard InChI is InChI=1S/C37H38N6O2/c1-37(2,3)45-36(44)43-32-16-27(32)17-33(43)35-39-19-31(42-35)25-11-10-23-12-22(8-9-24(23)13-25)20-4-6-21(7-5-20)30-18-38-34(41-30)29-15-26-14-28(26)40-29/h4-13,18-19,26-29,32-33,40H,14-17H2,1-3H3,(H,38,41)(H,39,42)/t26-,27?,28+,29-,32?,33?/m0/s1. The molecule has 2 saturated carbocycles. The van der Waals surface area contributed by atoms with Crippen molar-refractivity contribution in [3.8, 4) is 33.6 Å². The van der Waals surface area contributed by atoms with Gasteiger partial charge in [0, 0.05) is 17.6 Å². The van der Waals surface area contributed by atoms with Gasteiger partial charge in [-0.25, -0.2) is 14.8 Å². The highest BCUT2D eigenvalue weighted by molar-refractivity contribution is 5.90. The molecule has 0 spiro atoms. The van der Waals surface area contributed by atoms with Gasteiger partial charge in [-0.15, -0.1) is 0 Å². The molecule has 1 amide bonds. The van der Waals surface area contributed by atoms with Crippen molar-refractivity contribution >= 4 is 16.9 Å². The summed E-state index contributed by atoms with van der Waals surface area (Å²) in [6.07, 6.45) is 8.11. The molecule has 2 aliphatic carbocycles. The molecule has 3 N–H and O–H groups in total. The Morgan fingerprint density at radius 1 is 0.756 bits per heavy atom. The van der Waals surface area contributed by atoms with Crippen LogP contribution in [0.5, 0.6) is 0 Å². The molecule has 8 heteroatoms. The third kappa shape index (κ3) is 4.92. The highest BCUT2D eigenvalue weighted by atomic mass is 16.6. The van der Waals surface area contributed by atoms with Crippen molar-refractivity contribution in [2.24, 2.45) is 11.8 Å². The molecular weight excluding hydrogens is 560 g/mol. The molecule has 3 aromatic carbocycles. The van der Waals surface area contributed by atoms with Crippen LogP contribution in [-0.4, -0.2) is 48.6 Å². The van der Waals surface area contributed by atoms with Gasteiger partial charge >= 0.3 is 6.09 Å². The van der Waals surface area contributed by atoms with Crippen LogP contribution in [0.15, 0.2) is 73.1 Å². The second kappa shape index (κ2) is 9.78. The minimum Gasteiger partial charge on any atom is -0.444 e. The smallest absolute Gasteiger partial charge is 0.411 e. The molecule has 2 saturated heterocycles. The van der Waals surface area contributed by atoms with Crippen LogP contribution in [0.4, 0.5) is 4.79 Å². The number of carbonyl (C=O) groups excluding carboxylic acids is 1. The van der Waals surface area contributed by atoms with Gasteiger partial charge in [-0.3, -0.25) is 4.90 Å². The van der Waals surface area contributed by atoms with Crippen molar-refractivity contribution in [3.63, 3.8) is 0 Å². The van der Waals surface area contributed by atoms with Gasteiger partial charge in [0.1, 0.15) is 17.2 Å². The van der Waals surface area contributed by atoms with E-state index in [1.54, 1.807) is 0 Å². The Balaban J connectivity index is 0.913. The maximum atomic E-state index is 13.0. The number of hydrogen-bond acceptors (Lipinski definition) is 5. The number of carbonyl (C=O) groups is 1. The van der Waals surface area contributed by atoms with Gasteiger partial charge in [0.25, 0.3) is 0 Å². The molecule has 3 unspecified atom stereocenters. The van der Waals surface area contributed by atoms with Crippen LogP contribution in [0.1, 0.15) is 70.2 Å². The number of nitrogens with one attached hydrogen (secondary N) is 3. The SMILES string of the molecule is CC(C)(C)OC(=O)N1C(c2ncc(-c3ccc4cc(-c5ccc(-c6cnc([C@@H]7C[C@@H]8C[C@H]8N7)[nH]6)cc5)ccc4c3)[nH]2)CC2CC21. The normalized spacial score (nSPS) is 26.6. The second-order valence-electron chi connectivity index (χ2n) is 14.5. The molecule has 4 heterocycles. The highest BCUT2D eigenvalue weighted by Crippen LogP contribution is 2.53. The van der Waals surface area contributed by atoms with E-state index in [2.05, 4.69) is 80.9 Å². The molecule has 8 nitrogen and oxygen atoms in total. The Morgan fingerprint density at radius 3 is 2.13 bits per heavy atom. The summed E-state index contributed by atoms with van der Waals surface area (Å²) < 4.78 is 5.74. The molecule has 4 aliphatic rings. The zero-order valence-electron chi connectivity index (χ0n) is 25.9. The summed E-state index contributed by atoms with van der Waals surface area (Å²) in [6.45, 7) is 5.74. The lowest BCUT2D eigenvalue weighted by Gasteiger charge is -2.29. The molecule has 45 heavy (non-hydrogen) atoms. The van der Waals surface area contributed by atoms with E-state index >= 15 is 0 Å². The summed E-state index contributed by atoms with van der Waals surface area (Å²) in [5.41, 5.74) is 6.10. The van der Waals surface area contributed by atoms with E-state index in [0.29, 0.717) is 18.0 Å². The molecule has 5 aromatic rings. The Bertz CT molecular complexity index is 1920. The minimum atomic E-state index is -0.519. The molecule has 4 fully saturated rings. The van der Waals surface area contributed by atoms with E-state index in [9.17, 15) is 4.79 Å². The van der Waals surface area contributed by atoms with Gasteiger partial charge in [-0.05, 0) is 97.9 Å². The number of ether oxygens (including phenoxy) is 1. The number of imidazole rings is 2. The lowest BCUT2D eigenvalue weighted by Crippen LogP contribution is -2.38. The molecule has 9 rings (SSSR count). The summed E-state index contributed by atoms with van der Waals surface area (Å²) in [6, 6.07) is 23.1. The summed E-state index contributed by atoms with van der Waals surface area (Å²) in [5.74, 6) is 3.28. The third-order valence-electron chi connectivity index (χ3n) is 10.1. The number of amides is 1. The van der Waals surface area contributed by atoms with Crippen LogP contribution >= 0.6 is 0 Å². The number of aromatic amines is 2. The van der Waals surface area contributed by atoms with Crippen LogP contribution in [0, 0.1) is 11.8 Å². The maximum Gasteiger partial charge on any atom is 0.411 e.